The maximum atomic E-state index is 12.3. The summed E-state index contributed by atoms with van der Waals surface area (Å²) in [5.41, 5.74) is 1.95. The molecule has 156 valence electrons. The molecule has 0 aliphatic rings. The smallest absolute Gasteiger partial charge is 0.236 e. The lowest BCUT2D eigenvalue weighted by atomic mass is 10.1. The first-order valence-corrected chi connectivity index (χ1v) is 10.5. The van der Waals surface area contributed by atoms with Gasteiger partial charge >= 0.3 is 0 Å². The van der Waals surface area contributed by atoms with Crippen molar-refractivity contribution in [3.8, 4) is 11.4 Å². The fourth-order valence-electron chi connectivity index (χ4n) is 3.29. The molecule has 2 N–H and O–H groups in total. The van der Waals surface area contributed by atoms with E-state index in [4.69, 9.17) is 8.94 Å². The van der Waals surface area contributed by atoms with Gasteiger partial charge in [-0.2, -0.15) is 0 Å². The number of nitrogens with zero attached hydrogens (tertiary/aromatic N) is 4. The Bertz CT molecular complexity index is 1330. The molecule has 0 spiro atoms. The van der Waals surface area contributed by atoms with Crippen LogP contribution in [-0.4, -0.2) is 36.6 Å². The van der Waals surface area contributed by atoms with E-state index >= 15 is 0 Å². The lowest BCUT2D eigenvalue weighted by Gasteiger charge is -2.08. The Balaban J connectivity index is 1.42. The van der Waals surface area contributed by atoms with Gasteiger partial charge in [-0.25, -0.2) is 0 Å². The molecule has 1 amide bonds. The number of amides is 1. The molecule has 0 radical (unpaired) electrons. The van der Waals surface area contributed by atoms with E-state index in [-0.39, 0.29) is 11.7 Å². The number of nitrogens with one attached hydrogen (secondary N) is 2. The second-order valence-corrected chi connectivity index (χ2v) is 7.82. The second-order valence-electron chi connectivity index (χ2n) is 6.88. The molecule has 4 heterocycles. The number of aromatic nitrogens is 5. The van der Waals surface area contributed by atoms with Gasteiger partial charge in [0.2, 0.25) is 5.91 Å². The number of thioether (sulfide) groups is 1. The molecule has 0 fully saturated rings. The first-order chi connectivity index (χ1) is 15.2. The van der Waals surface area contributed by atoms with Crippen molar-refractivity contribution >= 4 is 34.4 Å². The van der Waals surface area contributed by atoms with Gasteiger partial charge in [-0.1, -0.05) is 35.1 Å². The van der Waals surface area contributed by atoms with Gasteiger partial charge in [0.25, 0.3) is 0 Å². The van der Waals surface area contributed by atoms with Crippen LogP contribution in [0.2, 0.25) is 0 Å². The van der Waals surface area contributed by atoms with Gasteiger partial charge in [-0.05, 0) is 25.1 Å². The Morgan fingerprint density at radius 1 is 1.23 bits per heavy atom. The minimum atomic E-state index is -0.209. The lowest BCUT2D eigenvalue weighted by molar-refractivity contribution is -0.113. The third-order valence-electron chi connectivity index (χ3n) is 4.67. The van der Waals surface area contributed by atoms with Gasteiger partial charge in [0.05, 0.1) is 18.6 Å². The number of benzene rings is 1. The van der Waals surface area contributed by atoms with Gasteiger partial charge in [-0.15, -0.1) is 10.2 Å². The minimum Gasteiger partial charge on any atom is -0.467 e. The van der Waals surface area contributed by atoms with Gasteiger partial charge in [0.15, 0.2) is 16.8 Å². The maximum absolute atomic E-state index is 12.3. The number of para-hydroxylation sites is 1. The van der Waals surface area contributed by atoms with Crippen LogP contribution in [0, 0.1) is 6.92 Å². The van der Waals surface area contributed by atoms with Gasteiger partial charge in [0, 0.05) is 28.7 Å². The SMILES string of the molecule is Cc1cc(NC(=O)CSc2nnc(-c3c[nH]c4ccccc34)n2Cc2ccco2)no1. The average molecular weight is 434 g/mol. The molecule has 4 aromatic heterocycles. The van der Waals surface area contributed by atoms with E-state index in [1.54, 1.807) is 19.3 Å². The van der Waals surface area contributed by atoms with Crippen molar-refractivity contribution in [1.82, 2.24) is 24.9 Å². The van der Waals surface area contributed by atoms with Crippen molar-refractivity contribution in [2.45, 2.75) is 18.6 Å². The highest BCUT2D eigenvalue weighted by atomic mass is 32.2. The molecule has 5 rings (SSSR count). The van der Waals surface area contributed by atoms with E-state index in [2.05, 4.69) is 25.7 Å². The monoisotopic (exact) mass is 434 g/mol. The van der Waals surface area contributed by atoms with Crippen LogP contribution in [0.25, 0.3) is 22.3 Å². The van der Waals surface area contributed by atoms with E-state index < -0.39 is 0 Å². The van der Waals surface area contributed by atoms with Gasteiger partial charge in [0.1, 0.15) is 11.5 Å². The quantitative estimate of drug-likeness (QED) is 0.371. The predicted octanol–water partition coefficient (Wildman–Crippen LogP) is 4.09. The topological polar surface area (TPSA) is 115 Å². The van der Waals surface area contributed by atoms with Crippen molar-refractivity contribution in [3.63, 3.8) is 0 Å². The Hall–Kier alpha value is -3.79. The van der Waals surface area contributed by atoms with Crippen LogP contribution in [0.4, 0.5) is 5.82 Å². The summed E-state index contributed by atoms with van der Waals surface area (Å²) < 4.78 is 12.5. The third kappa shape index (κ3) is 3.97. The third-order valence-corrected chi connectivity index (χ3v) is 5.64. The molecule has 9 nitrogen and oxygen atoms in total. The molecule has 0 bridgehead atoms. The predicted molar refractivity (Wildman–Crippen MR) is 116 cm³/mol. The van der Waals surface area contributed by atoms with Crippen molar-refractivity contribution in [2.75, 3.05) is 11.1 Å². The standard InChI is InChI=1S/C21H18N6O3S/c1-13-9-18(26-30-13)23-19(28)12-31-21-25-24-20(27(21)11-14-5-4-8-29-14)16-10-22-17-7-3-2-6-15(16)17/h2-10,22H,11-12H2,1H3,(H,23,26,28). The van der Waals surface area contributed by atoms with Crippen LogP contribution >= 0.6 is 11.8 Å². The van der Waals surface area contributed by atoms with Crippen LogP contribution in [0.15, 0.2) is 69.0 Å². The van der Waals surface area contributed by atoms with Crippen LogP contribution in [0.3, 0.4) is 0 Å². The number of H-pyrrole nitrogens is 1. The summed E-state index contributed by atoms with van der Waals surface area (Å²) in [4.78, 5) is 15.6. The summed E-state index contributed by atoms with van der Waals surface area (Å²) >= 11 is 1.29. The number of hydrogen-bond donors (Lipinski definition) is 2. The normalized spacial score (nSPS) is 11.3. The molecule has 0 atom stereocenters. The summed E-state index contributed by atoms with van der Waals surface area (Å²) in [7, 11) is 0. The molecule has 0 aliphatic heterocycles. The number of aryl methyl sites for hydroxylation is 1. The Labute approximate surface area is 180 Å². The largest absolute Gasteiger partial charge is 0.467 e. The van der Waals surface area contributed by atoms with E-state index in [1.165, 1.54) is 11.8 Å². The highest BCUT2D eigenvalue weighted by Gasteiger charge is 2.19. The van der Waals surface area contributed by atoms with E-state index in [1.807, 2.05) is 47.2 Å². The van der Waals surface area contributed by atoms with Crippen molar-refractivity contribution in [2.24, 2.45) is 0 Å². The number of hydrogen-bond acceptors (Lipinski definition) is 7. The Kier molecular flexibility index (Phi) is 5.04. The van der Waals surface area contributed by atoms with Crippen LogP contribution in [0.5, 0.6) is 0 Å². The van der Waals surface area contributed by atoms with E-state index in [0.717, 1.165) is 22.2 Å². The molecular formula is C21H18N6O3S. The molecule has 0 unspecified atom stereocenters. The Morgan fingerprint density at radius 2 is 2.13 bits per heavy atom. The van der Waals surface area contributed by atoms with Crippen molar-refractivity contribution < 1.29 is 13.7 Å². The van der Waals surface area contributed by atoms with Crippen LogP contribution in [0.1, 0.15) is 11.5 Å². The fourth-order valence-corrected chi connectivity index (χ4v) is 4.02. The number of carbonyl (C=O) groups excluding carboxylic acids is 1. The summed E-state index contributed by atoms with van der Waals surface area (Å²) in [6.07, 6.45) is 3.55. The number of rotatable bonds is 7. The molecule has 5 aromatic rings. The first kappa shape index (κ1) is 19.2. The molecule has 0 saturated heterocycles. The average Bonchev–Trinajstić information content (AvgIpc) is 3.55. The summed E-state index contributed by atoms with van der Waals surface area (Å²) in [6.45, 7) is 2.21. The van der Waals surface area contributed by atoms with E-state index in [0.29, 0.717) is 29.1 Å². The second kappa shape index (κ2) is 8.15. The highest BCUT2D eigenvalue weighted by Crippen LogP contribution is 2.30. The Morgan fingerprint density at radius 3 is 2.94 bits per heavy atom. The summed E-state index contributed by atoms with van der Waals surface area (Å²) in [5, 5.41) is 16.9. The molecule has 1 aromatic carbocycles. The number of aromatic amines is 1. The minimum absolute atomic E-state index is 0.149. The molecule has 31 heavy (non-hydrogen) atoms. The van der Waals surface area contributed by atoms with E-state index in [9.17, 15) is 4.79 Å². The summed E-state index contributed by atoms with van der Waals surface area (Å²) in [5.74, 6) is 2.42. The number of anilines is 1. The maximum Gasteiger partial charge on any atom is 0.236 e. The molecule has 0 saturated carbocycles. The molecule has 0 aliphatic carbocycles. The zero-order valence-corrected chi connectivity index (χ0v) is 17.3. The number of furan rings is 1. The summed E-state index contributed by atoms with van der Waals surface area (Å²) in [6, 6.07) is 13.4. The van der Waals surface area contributed by atoms with Gasteiger partial charge < -0.3 is 19.2 Å². The van der Waals surface area contributed by atoms with Crippen molar-refractivity contribution in [3.05, 3.63) is 66.4 Å². The fraction of sp³-hybridized carbons (Fsp3) is 0.143. The van der Waals surface area contributed by atoms with Crippen LogP contribution in [-0.2, 0) is 11.3 Å². The van der Waals surface area contributed by atoms with Crippen molar-refractivity contribution in [1.29, 1.82) is 0 Å². The van der Waals surface area contributed by atoms with Crippen LogP contribution < -0.4 is 5.32 Å². The van der Waals surface area contributed by atoms with Gasteiger partial charge in [-0.3, -0.25) is 9.36 Å². The number of carbonyl (C=O) groups is 1. The number of fused-ring (bicyclic) bond motifs is 1. The first-order valence-electron chi connectivity index (χ1n) is 9.55. The highest BCUT2D eigenvalue weighted by molar-refractivity contribution is 7.99. The molecule has 10 heteroatoms. The lowest BCUT2D eigenvalue weighted by Crippen LogP contribution is -2.15. The molecular weight excluding hydrogens is 416 g/mol. The zero-order chi connectivity index (χ0) is 21.2. The zero-order valence-electron chi connectivity index (χ0n) is 16.5.